The molecule has 0 aliphatic heterocycles. The molecular weight excluding hydrogens is 444 g/mol. The quantitative estimate of drug-likeness (QED) is 0.346. The number of carbonyl (C=O) groups is 1. The second-order valence-electron chi connectivity index (χ2n) is 8.08. The Morgan fingerprint density at radius 3 is 2.37 bits per heavy atom. The van der Waals surface area contributed by atoms with Gasteiger partial charge in [0.2, 0.25) is 11.8 Å². The van der Waals surface area contributed by atoms with E-state index in [1.807, 2.05) is 61.5 Å². The normalized spacial score (nSPS) is 10.9. The standard InChI is InChI=1S/C27H30N4O4/c1-3-18-34-21-11-13-22(14-12-21)35-26-20(8-7-16-28-26)19-29-25(32)15-17-31-24-10-6-5-9-23(24)30(4-2)27(31)33/h5-14,16H,3-4,15,17-19H2,1-2H3,(H,29,32). The van der Waals surface area contributed by atoms with E-state index in [2.05, 4.69) is 17.2 Å². The third-order valence-corrected chi connectivity index (χ3v) is 5.64. The highest BCUT2D eigenvalue weighted by molar-refractivity contribution is 5.78. The predicted molar refractivity (Wildman–Crippen MR) is 135 cm³/mol. The Labute approximate surface area is 204 Å². The number of imidazole rings is 1. The number of pyridine rings is 1. The van der Waals surface area contributed by atoms with Gasteiger partial charge in [0, 0.05) is 37.8 Å². The van der Waals surface area contributed by atoms with Crippen molar-refractivity contribution in [2.45, 2.75) is 46.3 Å². The maximum Gasteiger partial charge on any atom is 0.329 e. The van der Waals surface area contributed by atoms with Crippen molar-refractivity contribution in [1.82, 2.24) is 19.4 Å². The molecule has 2 heterocycles. The molecule has 2 aromatic carbocycles. The number of para-hydroxylation sites is 2. The first kappa shape index (κ1) is 24.1. The van der Waals surface area contributed by atoms with E-state index in [0.717, 1.165) is 28.8 Å². The Hall–Kier alpha value is -4.07. The number of nitrogens with zero attached hydrogens (tertiary/aromatic N) is 3. The summed E-state index contributed by atoms with van der Waals surface area (Å²) in [6.45, 7) is 5.82. The van der Waals surface area contributed by atoms with Gasteiger partial charge in [-0.25, -0.2) is 9.78 Å². The van der Waals surface area contributed by atoms with Gasteiger partial charge in [0.15, 0.2) is 0 Å². The van der Waals surface area contributed by atoms with Crippen LogP contribution >= 0.6 is 0 Å². The fraction of sp³-hybridized carbons (Fsp3) is 0.296. The van der Waals surface area contributed by atoms with Crippen molar-refractivity contribution in [2.24, 2.45) is 0 Å². The van der Waals surface area contributed by atoms with Crippen LogP contribution in [0.3, 0.4) is 0 Å². The fourth-order valence-corrected chi connectivity index (χ4v) is 3.88. The van der Waals surface area contributed by atoms with E-state index in [0.29, 0.717) is 31.3 Å². The summed E-state index contributed by atoms with van der Waals surface area (Å²) in [7, 11) is 0. The predicted octanol–water partition coefficient (Wildman–Crippen LogP) is 4.51. The summed E-state index contributed by atoms with van der Waals surface area (Å²) < 4.78 is 14.9. The van der Waals surface area contributed by atoms with Gasteiger partial charge < -0.3 is 14.8 Å². The van der Waals surface area contributed by atoms with E-state index in [1.165, 1.54) is 0 Å². The number of aromatic nitrogens is 3. The van der Waals surface area contributed by atoms with Crippen LogP contribution in [0, 0.1) is 0 Å². The van der Waals surface area contributed by atoms with Gasteiger partial charge in [-0.2, -0.15) is 0 Å². The molecule has 0 fully saturated rings. The van der Waals surface area contributed by atoms with E-state index >= 15 is 0 Å². The highest BCUT2D eigenvalue weighted by Crippen LogP contribution is 2.25. The monoisotopic (exact) mass is 474 g/mol. The van der Waals surface area contributed by atoms with Crippen molar-refractivity contribution in [1.29, 1.82) is 0 Å². The number of rotatable bonds is 11. The Balaban J connectivity index is 1.37. The van der Waals surface area contributed by atoms with Crippen molar-refractivity contribution in [2.75, 3.05) is 6.61 Å². The lowest BCUT2D eigenvalue weighted by molar-refractivity contribution is -0.121. The number of benzene rings is 2. The summed E-state index contributed by atoms with van der Waals surface area (Å²) >= 11 is 0. The number of fused-ring (bicyclic) bond motifs is 1. The zero-order chi connectivity index (χ0) is 24.6. The van der Waals surface area contributed by atoms with E-state index in [-0.39, 0.29) is 24.6 Å². The smallest absolute Gasteiger partial charge is 0.329 e. The highest BCUT2D eigenvalue weighted by Gasteiger charge is 2.13. The molecule has 0 saturated carbocycles. The van der Waals surface area contributed by atoms with Gasteiger partial charge in [-0.1, -0.05) is 25.1 Å². The molecular formula is C27H30N4O4. The maximum atomic E-state index is 12.8. The van der Waals surface area contributed by atoms with Gasteiger partial charge in [-0.15, -0.1) is 0 Å². The highest BCUT2D eigenvalue weighted by atomic mass is 16.5. The van der Waals surface area contributed by atoms with Crippen molar-refractivity contribution < 1.29 is 14.3 Å². The topological polar surface area (TPSA) is 87.4 Å². The van der Waals surface area contributed by atoms with Crippen molar-refractivity contribution in [3.05, 3.63) is 82.9 Å². The number of aryl methyl sites for hydroxylation is 2. The van der Waals surface area contributed by atoms with Crippen LogP contribution in [0.5, 0.6) is 17.4 Å². The van der Waals surface area contributed by atoms with Crippen LogP contribution in [0.1, 0.15) is 32.3 Å². The number of hydrogen-bond acceptors (Lipinski definition) is 5. The molecule has 0 bridgehead atoms. The van der Waals surface area contributed by atoms with Gasteiger partial charge in [-0.3, -0.25) is 13.9 Å². The molecule has 8 nitrogen and oxygen atoms in total. The van der Waals surface area contributed by atoms with Crippen molar-refractivity contribution in [3.8, 4) is 17.4 Å². The third-order valence-electron chi connectivity index (χ3n) is 5.64. The Bertz CT molecular complexity index is 1340. The lowest BCUT2D eigenvalue weighted by atomic mass is 10.2. The van der Waals surface area contributed by atoms with Crippen LogP contribution in [0.4, 0.5) is 0 Å². The minimum absolute atomic E-state index is 0.101. The average Bonchev–Trinajstić information content (AvgIpc) is 3.16. The molecule has 0 atom stereocenters. The molecule has 0 saturated heterocycles. The molecule has 2 aromatic heterocycles. The van der Waals surface area contributed by atoms with Crippen molar-refractivity contribution >= 4 is 16.9 Å². The summed E-state index contributed by atoms with van der Waals surface area (Å²) in [5.41, 5.74) is 2.37. The lowest BCUT2D eigenvalue weighted by Gasteiger charge is -2.12. The summed E-state index contributed by atoms with van der Waals surface area (Å²) in [4.78, 5) is 29.7. The molecule has 0 aliphatic rings. The molecule has 4 aromatic rings. The Morgan fingerprint density at radius 1 is 0.943 bits per heavy atom. The number of nitrogens with one attached hydrogen (secondary N) is 1. The summed E-state index contributed by atoms with van der Waals surface area (Å²) in [5.74, 6) is 1.69. The van der Waals surface area contributed by atoms with E-state index in [9.17, 15) is 9.59 Å². The molecule has 1 N–H and O–H groups in total. The van der Waals surface area contributed by atoms with Crippen LogP contribution in [0.2, 0.25) is 0 Å². The zero-order valence-electron chi connectivity index (χ0n) is 20.1. The molecule has 1 amide bonds. The van der Waals surface area contributed by atoms with Crippen LogP contribution in [-0.4, -0.2) is 26.6 Å². The largest absolute Gasteiger partial charge is 0.494 e. The molecule has 0 radical (unpaired) electrons. The van der Waals surface area contributed by atoms with E-state index < -0.39 is 0 Å². The van der Waals surface area contributed by atoms with Crippen LogP contribution < -0.4 is 20.5 Å². The van der Waals surface area contributed by atoms with Gasteiger partial charge in [0.1, 0.15) is 11.5 Å². The third kappa shape index (κ3) is 5.71. The molecule has 0 spiro atoms. The first-order chi connectivity index (χ1) is 17.1. The Morgan fingerprint density at radius 2 is 1.66 bits per heavy atom. The maximum absolute atomic E-state index is 12.8. The summed E-state index contributed by atoms with van der Waals surface area (Å²) in [6.07, 6.45) is 2.78. The second kappa shape index (κ2) is 11.4. The minimum atomic E-state index is -0.155. The minimum Gasteiger partial charge on any atom is -0.494 e. The van der Waals surface area contributed by atoms with Crippen LogP contribution in [0.15, 0.2) is 71.7 Å². The fourth-order valence-electron chi connectivity index (χ4n) is 3.88. The molecule has 182 valence electrons. The molecule has 0 unspecified atom stereocenters. The van der Waals surface area contributed by atoms with Gasteiger partial charge in [0.05, 0.1) is 17.6 Å². The molecule has 8 heteroatoms. The van der Waals surface area contributed by atoms with Crippen LogP contribution in [-0.2, 0) is 24.4 Å². The lowest BCUT2D eigenvalue weighted by Crippen LogP contribution is -2.28. The Kier molecular flexibility index (Phi) is 7.82. The van der Waals surface area contributed by atoms with Crippen molar-refractivity contribution in [3.63, 3.8) is 0 Å². The summed E-state index contributed by atoms with van der Waals surface area (Å²) in [6, 6.07) is 18.7. The van der Waals surface area contributed by atoms with Gasteiger partial charge in [-0.05, 0) is 55.8 Å². The van der Waals surface area contributed by atoms with E-state index in [4.69, 9.17) is 9.47 Å². The van der Waals surface area contributed by atoms with Crippen LogP contribution in [0.25, 0.3) is 11.0 Å². The first-order valence-corrected chi connectivity index (χ1v) is 11.9. The van der Waals surface area contributed by atoms with Gasteiger partial charge >= 0.3 is 5.69 Å². The van der Waals surface area contributed by atoms with E-state index in [1.54, 1.807) is 21.4 Å². The SMILES string of the molecule is CCCOc1ccc(Oc2ncccc2CNC(=O)CCn2c(=O)n(CC)c3ccccc32)cc1. The number of carbonyl (C=O) groups excluding carboxylic acids is 1. The van der Waals surface area contributed by atoms with Gasteiger partial charge in [0.25, 0.3) is 0 Å². The molecule has 35 heavy (non-hydrogen) atoms. The second-order valence-corrected chi connectivity index (χ2v) is 8.08. The molecule has 0 aliphatic carbocycles. The first-order valence-electron chi connectivity index (χ1n) is 11.9. The number of amides is 1. The number of hydrogen-bond donors (Lipinski definition) is 1. The zero-order valence-corrected chi connectivity index (χ0v) is 20.1. The average molecular weight is 475 g/mol. The summed E-state index contributed by atoms with van der Waals surface area (Å²) in [5, 5.41) is 2.91. The molecule has 4 rings (SSSR count). The number of ether oxygens (including phenoxy) is 2.